The van der Waals surface area contributed by atoms with Crippen LogP contribution < -0.4 is 5.32 Å². The summed E-state index contributed by atoms with van der Waals surface area (Å²) in [6, 6.07) is 7.73. The van der Waals surface area contributed by atoms with Crippen molar-refractivity contribution in [1.29, 1.82) is 5.26 Å². The van der Waals surface area contributed by atoms with Crippen molar-refractivity contribution >= 4 is 28.2 Å². The van der Waals surface area contributed by atoms with Gasteiger partial charge in [-0.2, -0.15) is 5.26 Å². The minimum Gasteiger partial charge on any atom is -0.452 e. The maximum absolute atomic E-state index is 12.3. The van der Waals surface area contributed by atoms with Gasteiger partial charge in [-0.05, 0) is 56.2 Å². The number of amides is 1. The highest BCUT2D eigenvalue weighted by atomic mass is 32.1. The van der Waals surface area contributed by atoms with Gasteiger partial charge >= 0.3 is 5.97 Å². The average molecular weight is 382 g/mol. The number of benzene rings is 1. The zero-order chi connectivity index (χ0) is 19.6. The number of esters is 1. The van der Waals surface area contributed by atoms with Crippen molar-refractivity contribution in [3.05, 3.63) is 50.9 Å². The predicted molar refractivity (Wildman–Crippen MR) is 105 cm³/mol. The summed E-state index contributed by atoms with van der Waals surface area (Å²) in [6.07, 6.45) is 2.86. The topological polar surface area (TPSA) is 79.2 Å². The van der Waals surface area contributed by atoms with E-state index in [9.17, 15) is 14.9 Å². The van der Waals surface area contributed by atoms with E-state index in [-0.39, 0.29) is 6.61 Å². The lowest BCUT2D eigenvalue weighted by Gasteiger charge is -2.17. The van der Waals surface area contributed by atoms with Gasteiger partial charge in [0.05, 0.1) is 11.1 Å². The number of hydrogen-bond donors (Lipinski definition) is 1. The lowest BCUT2D eigenvalue weighted by molar-refractivity contribution is -0.119. The van der Waals surface area contributed by atoms with Gasteiger partial charge in [-0.3, -0.25) is 4.79 Å². The normalized spacial score (nSPS) is 15.6. The molecular weight excluding hydrogens is 360 g/mol. The molecular formula is C21H22N2O3S. The highest BCUT2D eigenvalue weighted by Crippen LogP contribution is 2.39. The van der Waals surface area contributed by atoms with Crippen molar-refractivity contribution in [3.63, 3.8) is 0 Å². The summed E-state index contributed by atoms with van der Waals surface area (Å²) >= 11 is 1.46. The summed E-state index contributed by atoms with van der Waals surface area (Å²) in [7, 11) is 0. The van der Waals surface area contributed by atoms with Gasteiger partial charge in [-0.15, -0.1) is 11.3 Å². The molecule has 2 aromatic rings. The molecule has 1 aromatic heterocycles. The molecule has 0 fully saturated rings. The van der Waals surface area contributed by atoms with E-state index in [1.165, 1.54) is 16.2 Å². The van der Waals surface area contributed by atoms with E-state index in [1.807, 2.05) is 26.0 Å². The molecule has 3 rings (SSSR count). The molecule has 5 nitrogen and oxygen atoms in total. The van der Waals surface area contributed by atoms with Gasteiger partial charge in [0.1, 0.15) is 11.1 Å². The van der Waals surface area contributed by atoms with Crippen molar-refractivity contribution < 1.29 is 14.3 Å². The van der Waals surface area contributed by atoms with Crippen molar-refractivity contribution in [2.75, 3.05) is 11.9 Å². The molecule has 140 valence electrons. The summed E-state index contributed by atoms with van der Waals surface area (Å²) in [4.78, 5) is 25.7. The van der Waals surface area contributed by atoms with Crippen LogP contribution in [0.2, 0.25) is 0 Å². The zero-order valence-corrected chi connectivity index (χ0v) is 16.5. The van der Waals surface area contributed by atoms with E-state index in [0.717, 1.165) is 36.0 Å². The number of rotatable bonds is 4. The Kier molecular flexibility index (Phi) is 5.62. The fraction of sp³-hybridized carbons (Fsp3) is 0.381. The van der Waals surface area contributed by atoms with Crippen LogP contribution in [0.25, 0.3) is 0 Å². The predicted octanol–water partition coefficient (Wildman–Crippen LogP) is 4.16. The fourth-order valence-electron chi connectivity index (χ4n) is 3.28. The molecule has 6 heteroatoms. The Hall–Kier alpha value is -2.65. The molecule has 0 saturated carbocycles. The van der Waals surface area contributed by atoms with Gasteiger partial charge in [0.15, 0.2) is 6.61 Å². The van der Waals surface area contributed by atoms with Crippen molar-refractivity contribution in [2.45, 2.75) is 40.0 Å². The zero-order valence-electron chi connectivity index (χ0n) is 15.7. The van der Waals surface area contributed by atoms with Crippen LogP contribution in [0.1, 0.15) is 50.8 Å². The molecule has 1 N–H and O–H groups in total. The molecule has 0 unspecified atom stereocenters. The molecule has 0 radical (unpaired) electrons. The van der Waals surface area contributed by atoms with E-state index >= 15 is 0 Å². The Morgan fingerprint density at radius 1 is 1.37 bits per heavy atom. The molecule has 0 bridgehead atoms. The third-order valence-electron chi connectivity index (χ3n) is 4.82. The van der Waals surface area contributed by atoms with E-state index in [1.54, 1.807) is 6.07 Å². The van der Waals surface area contributed by atoms with Gasteiger partial charge in [-0.25, -0.2) is 4.79 Å². The quantitative estimate of drug-likeness (QED) is 0.806. The number of aryl methyl sites for hydroxylation is 2. The third kappa shape index (κ3) is 4.20. The summed E-state index contributed by atoms with van der Waals surface area (Å²) < 4.78 is 5.16. The van der Waals surface area contributed by atoms with Gasteiger partial charge in [0.25, 0.3) is 5.91 Å². The molecule has 1 heterocycles. The number of fused-ring (bicyclic) bond motifs is 1. The molecule has 1 atom stereocenters. The standard InChI is InChI=1S/C21H22N2O3S/c1-12-4-6-14(3)16(8-12)21(25)26-11-19(24)23-20-17(10-22)15-7-5-13(2)9-18(15)27-20/h4,6,8,13H,5,7,9,11H2,1-3H3,(H,23,24)/t13-/m0/s1. The highest BCUT2D eigenvalue weighted by molar-refractivity contribution is 7.16. The van der Waals surface area contributed by atoms with E-state index < -0.39 is 11.9 Å². The smallest absolute Gasteiger partial charge is 0.338 e. The van der Waals surface area contributed by atoms with Gasteiger partial charge in [-0.1, -0.05) is 24.6 Å². The lowest BCUT2D eigenvalue weighted by Crippen LogP contribution is -2.21. The highest BCUT2D eigenvalue weighted by Gasteiger charge is 2.25. The molecule has 0 saturated heterocycles. The number of thiophene rings is 1. The number of hydrogen-bond acceptors (Lipinski definition) is 5. The molecule has 1 aromatic carbocycles. The molecule has 0 aliphatic heterocycles. The first-order chi connectivity index (χ1) is 12.9. The Morgan fingerprint density at radius 2 is 2.15 bits per heavy atom. The van der Waals surface area contributed by atoms with Crippen LogP contribution in [0.15, 0.2) is 18.2 Å². The van der Waals surface area contributed by atoms with Gasteiger partial charge in [0, 0.05) is 4.88 Å². The fourth-order valence-corrected chi connectivity index (χ4v) is 4.66. The number of ether oxygens (including phenoxy) is 1. The van der Waals surface area contributed by atoms with E-state index in [2.05, 4.69) is 18.3 Å². The minimum absolute atomic E-state index is 0.379. The maximum Gasteiger partial charge on any atom is 0.338 e. The molecule has 1 aliphatic rings. The van der Waals surface area contributed by atoms with Crippen molar-refractivity contribution in [3.8, 4) is 6.07 Å². The second-order valence-corrected chi connectivity index (χ2v) is 8.22. The van der Waals surface area contributed by atoms with Crippen molar-refractivity contribution in [2.24, 2.45) is 5.92 Å². The third-order valence-corrected chi connectivity index (χ3v) is 5.99. The molecule has 27 heavy (non-hydrogen) atoms. The summed E-state index contributed by atoms with van der Waals surface area (Å²) in [6.45, 7) is 5.54. The Bertz CT molecular complexity index is 940. The SMILES string of the molecule is Cc1ccc(C)c(C(=O)OCC(=O)Nc2sc3c(c2C#N)CC[C@H](C)C3)c1. The van der Waals surface area contributed by atoms with Crippen LogP contribution in [0.3, 0.4) is 0 Å². The number of nitrogens with one attached hydrogen (secondary N) is 1. The first-order valence-electron chi connectivity index (χ1n) is 8.98. The van der Waals surface area contributed by atoms with Crippen LogP contribution in [0, 0.1) is 31.1 Å². The molecule has 1 aliphatic carbocycles. The number of nitriles is 1. The number of nitrogens with zero attached hydrogens (tertiary/aromatic N) is 1. The summed E-state index contributed by atoms with van der Waals surface area (Å²) in [5.41, 5.74) is 3.83. The largest absolute Gasteiger partial charge is 0.452 e. The van der Waals surface area contributed by atoms with E-state index in [4.69, 9.17) is 4.74 Å². The minimum atomic E-state index is -0.522. The first-order valence-corrected chi connectivity index (χ1v) is 9.79. The molecule has 0 spiro atoms. The number of anilines is 1. The Morgan fingerprint density at radius 3 is 2.89 bits per heavy atom. The van der Waals surface area contributed by atoms with Crippen LogP contribution >= 0.6 is 11.3 Å². The van der Waals surface area contributed by atoms with Crippen LogP contribution in [-0.4, -0.2) is 18.5 Å². The summed E-state index contributed by atoms with van der Waals surface area (Å²) in [5, 5.41) is 12.8. The van der Waals surface area contributed by atoms with Gasteiger partial charge in [0.2, 0.25) is 0 Å². The summed E-state index contributed by atoms with van der Waals surface area (Å²) in [5.74, 6) is -0.368. The Balaban J connectivity index is 1.66. The van der Waals surface area contributed by atoms with E-state index in [0.29, 0.717) is 22.0 Å². The number of carbonyl (C=O) groups is 2. The molecule has 1 amide bonds. The maximum atomic E-state index is 12.3. The first kappa shape index (κ1) is 19.1. The average Bonchev–Trinajstić information content (AvgIpc) is 2.97. The van der Waals surface area contributed by atoms with Crippen LogP contribution in [-0.2, 0) is 22.4 Å². The number of carbonyl (C=O) groups excluding carboxylic acids is 2. The van der Waals surface area contributed by atoms with Crippen molar-refractivity contribution in [1.82, 2.24) is 0 Å². The monoisotopic (exact) mass is 382 g/mol. The van der Waals surface area contributed by atoms with Crippen LogP contribution in [0.5, 0.6) is 0 Å². The van der Waals surface area contributed by atoms with Crippen LogP contribution in [0.4, 0.5) is 5.00 Å². The second kappa shape index (κ2) is 7.93. The Labute approximate surface area is 163 Å². The van der Waals surface area contributed by atoms with Gasteiger partial charge < -0.3 is 10.1 Å². The lowest BCUT2D eigenvalue weighted by atomic mass is 9.89. The second-order valence-electron chi connectivity index (χ2n) is 7.11.